The number of anilines is 1. The number of carbonyl (C=O) groups is 4. The van der Waals surface area contributed by atoms with Crippen molar-refractivity contribution < 1.29 is 23.9 Å². The van der Waals surface area contributed by atoms with Crippen LogP contribution in [0.3, 0.4) is 0 Å². The molecule has 2 fully saturated rings. The number of carbonyl (C=O) groups excluding carboxylic acids is 4. The molecule has 2 aromatic rings. The summed E-state index contributed by atoms with van der Waals surface area (Å²) in [6.07, 6.45) is 3.99. The van der Waals surface area contributed by atoms with Crippen molar-refractivity contribution in [3.8, 4) is 0 Å². The number of hydrogen-bond donors (Lipinski definition) is 2. The fourth-order valence-electron chi connectivity index (χ4n) is 5.13. The first kappa shape index (κ1) is 28.7. The Morgan fingerprint density at radius 3 is 2.46 bits per heavy atom. The third-order valence-corrected chi connectivity index (χ3v) is 8.31. The normalized spacial score (nSPS) is 19.1. The van der Waals surface area contributed by atoms with Gasteiger partial charge in [-0.2, -0.15) is 0 Å². The second-order valence-corrected chi connectivity index (χ2v) is 12.1. The number of nitrogens with zero attached hydrogens (tertiary/aromatic N) is 4. The van der Waals surface area contributed by atoms with Gasteiger partial charge in [0, 0.05) is 23.5 Å². The monoisotopic (exact) mass is 580 g/mol. The van der Waals surface area contributed by atoms with E-state index >= 15 is 0 Å². The molecule has 218 valence electrons. The fraction of sp³-hybridized carbons (Fsp3) is 0.483. The van der Waals surface area contributed by atoms with Crippen molar-refractivity contribution in [3.63, 3.8) is 0 Å². The van der Waals surface area contributed by atoms with Crippen molar-refractivity contribution in [1.82, 2.24) is 20.2 Å². The van der Waals surface area contributed by atoms with E-state index in [1.807, 2.05) is 6.07 Å². The molecule has 2 aliphatic carbocycles. The number of thiazole rings is 1. The zero-order valence-corrected chi connectivity index (χ0v) is 24.3. The van der Waals surface area contributed by atoms with Crippen LogP contribution in [0.15, 0.2) is 47.2 Å². The molecule has 0 bridgehead atoms. The van der Waals surface area contributed by atoms with Gasteiger partial charge < -0.3 is 14.4 Å². The first-order chi connectivity index (χ1) is 19.7. The number of hydrazine groups is 1. The minimum Gasteiger partial charge on any atom is -0.468 e. The largest absolute Gasteiger partial charge is 0.468 e. The molecule has 0 saturated heterocycles. The molecule has 1 unspecified atom stereocenters. The summed E-state index contributed by atoms with van der Waals surface area (Å²) in [4.78, 5) is 62.7. The van der Waals surface area contributed by atoms with Crippen LogP contribution in [0, 0.1) is 11.8 Å². The van der Waals surface area contributed by atoms with Gasteiger partial charge in [-0.3, -0.25) is 19.9 Å². The standard InChI is InChI=1S/C29H36N6O5S/c1-17(2)14-33(21-11-12-21)29-31-23(16-41-29)25(37)34(22(15-36)13-19-9-10-19)26(38)24-18(3)40-27(35(24)28(39)32-30)20-7-5-4-6-8-20/h4-8,15-17,19,21-22,27H,9-14,30H2,1-3H3,(H,32,39)/t22-,27?/m0/s1. The molecule has 1 aliphatic heterocycles. The highest BCUT2D eigenvalue weighted by atomic mass is 32.1. The van der Waals surface area contributed by atoms with Gasteiger partial charge in [0.2, 0.25) is 6.23 Å². The molecular weight excluding hydrogens is 544 g/mol. The number of urea groups is 1. The van der Waals surface area contributed by atoms with E-state index in [1.165, 1.54) is 11.3 Å². The van der Waals surface area contributed by atoms with Crippen LogP contribution >= 0.6 is 11.3 Å². The summed E-state index contributed by atoms with van der Waals surface area (Å²) in [5.41, 5.74) is 2.61. The Kier molecular flexibility index (Phi) is 8.41. The maximum absolute atomic E-state index is 14.3. The summed E-state index contributed by atoms with van der Waals surface area (Å²) in [7, 11) is 0. The van der Waals surface area contributed by atoms with E-state index in [2.05, 4.69) is 29.2 Å². The number of amides is 4. The number of allylic oxidation sites excluding steroid dienone is 1. The summed E-state index contributed by atoms with van der Waals surface area (Å²) in [6.45, 7) is 6.62. The maximum Gasteiger partial charge on any atom is 0.339 e. The summed E-state index contributed by atoms with van der Waals surface area (Å²) in [6, 6.07) is 7.47. The van der Waals surface area contributed by atoms with Crippen LogP contribution in [-0.2, 0) is 14.3 Å². The lowest BCUT2D eigenvalue weighted by Crippen LogP contribution is -2.51. The summed E-state index contributed by atoms with van der Waals surface area (Å²) in [5.74, 6) is 4.78. The van der Waals surface area contributed by atoms with E-state index in [9.17, 15) is 19.2 Å². The van der Waals surface area contributed by atoms with E-state index in [1.54, 1.807) is 36.6 Å². The molecule has 12 heteroatoms. The van der Waals surface area contributed by atoms with Crippen molar-refractivity contribution >= 4 is 40.6 Å². The van der Waals surface area contributed by atoms with Gasteiger partial charge >= 0.3 is 6.03 Å². The summed E-state index contributed by atoms with van der Waals surface area (Å²) in [5, 5.41) is 2.35. The van der Waals surface area contributed by atoms with Crippen LogP contribution in [-0.4, -0.2) is 57.5 Å². The lowest BCUT2D eigenvalue weighted by Gasteiger charge is -2.30. The predicted octanol–water partition coefficient (Wildman–Crippen LogP) is 3.95. The highest BCUT2D eigenvalue weighted by Crippen LogP contribution is 2.40. The number of rotatable bonds is 11. The van der Waals surface area contributed by atoms with Gasteiger partial charge in [-0.1, -0.05) is 57.0 Å². The Bertz CT molecular complexity index is 1340. The van der Waals surface area contributed by atoms with Crippen LogP contribution < -0.4 is 16.2 Å². The molecule has 0 radical (unpaired) electrons. The lowest BCUT2D eigenvalue weighted by atomic mass is 10.1. The second kappa shape index (κ2) is 12.0. The fourth-order valence-corrected chi connectivity index (χ4v) is 6.01. The van der Waals surface area contributed by atoms with E-state index in [0.29, 0.717) is 30.2 Å². The van der Waals surface area contributed by atoms with Gasteiger partial charge in [0.15, 0.2) is 10.8 Å². The Balaban J connectivity index is 1.50. The zero-order chi connectivity index (χ0) is 29.3. The number of hydrogen-bond acceptors (Lipinski definition) is 9. The highest BCUT2D eigenvalue weighted by Gasteiger charge is 2.46. The molecule has 0 spiro atoms. The van der Waals surface area contributed by atoms with Gasteiger partial charge in [-0.15, -0.1) is 11.3 Å². The number of aromatic nitrogens is 1. The second-order valence-electron chi connectivity index (χ2n) is 11.3. The minimum atomic E-state index is -1.03. The molecule has 1 aromatic carbocycles. The Labute approximate surface area is 243 Å². The van der Waals surface area contributed by atoms with Crippen molar-refractivity contribution in [3.05, 3.63) is 58.4 Å². The van der Waals surface area contributed by atoms with Gasteiger partial charge in [-0.05, 0) is 38.0 Å². The van der Waals surface area contributed by atoms with Crippen molar-refractivity contribution in [2.75, 3.05) is 11.4 Å². The van der Waals surface area contributed by atoms with Crippen LogP contribution in [0.2, 0.25) is 0 Å². The average Bonchev–Trinajstić information content (AvgIpc) is 3.90. The molecule has 11 nitrogen and oxygen atoms in total. The van der Waals surface area contributed by atoms with Gasteiger partial charge in [-0.25, -0.2) is 20.5 Å². The molecule has 2 saturated carbocycles. The third-order valence-electron chi connectivity index (χ3n) is 7.43. The average molecular weight is 581 g/mol. The third kappa shape index (κ3) is 6.13. The van der Waals surface area contributed by atoms with Crippen molar-refractivity contribution in [1.29, 1.82) is 0 Å². The predicted molar refractivity (Wildman–Crippen MR) is 153 cm³/mol. The highest BCUT2D eigenvalue weighted by molar-refractivity contribution is 7.14. The molecule has 3 N–H and O–H groups in total. The molecule has 3 aliphatic rings. The van der Waals surface area contributed by atoms with E-state index < -0.39 is 30.1 Å². The van der Waals surface area contributed by atoms with E-state index in [-0.39, 0.29) is 23.1 Å². The smallest absolute Gasteiger partial charge is 0.339 e. The number of imide groups is 1. The van der Waals surface area contributed by atoms with E-state index in [0.717, 1.165) is 47.2 Å². The van der Waals surface area contributed by atoms with E-state index in [4.69, 9.17) is 10.6 Å². The number of ether oxygens (including phenoxy) is 1. The van der Waals surface area contributed by atoms with Gasteiger partial charge in [0.1, 0.15) is 17.7 Å². The van der Waals surface area contributed by atoms with Crippen LogP contribution in [0.4, 0.5) is 9.93 Å². The minimum absolute atomic E-state index is 0.0852. The SMILES string of the molecule is CC1=C(C(=O)N(C(=O)c2csc(N(CC(C)C)C3CC3)n2)[C@H](C=O)CC2CC2)N(C(=O)NN)C(c2ccccc2)O1. The van der Waals surface area contributed by atoms with Crippen molar-refractivity contribution in [2.45, 2.75) is 71.2 Å². The Morgan fingerprint density at radius 2 is 1.88 bits per heavy atom. The zero-order valence-electron chi connectivity index (χ0n) is 23.5. The Hall–Kier alpha value is -3.77. The van der Waals surface area contributed by atoms with Crippen LogP contribution in [0.25, 0.3) is 0 Å². The molecule has 1 aromatic heterocycles. The summed E-state index contributed by atoms with van der Waals surface area (Å²) < 4.78 is 5.99. The number of benzene rings is 1. The molecule has 4 amide bonds. The first-order valence-electron chi connectivity index (χ1n) is 14.0. The number of nitrogens with two attached hydrogens (primary N) is 1. The number of aldehydes is 1. The molecule has 5 rings (SSSR count). The Morgan fingerprint density at radius 1 is 1.17 bits per heavy atom. The number of nitrogens with one attached hydrogen (secondary N) is 1. The molecule has 41 heavy (non-hydrogen) atoms. The lowest BCUT2D eigenvalue weighted by molar-refractivity contribution is -0.131. The molecule has 2 heterocycles. The maximum atomic E-state index is 14.3. The van der Waals surface area contributed by atoms with Gasteiger partial charge in [0.25, 0.3) is 11.8 Å². The molecular formula is C29H36N6O5S. The quantitative estimate of drug-likeness (QED) is 0.134. The van der Waals surface area contributed by atoms with Crippen LogP contribution in [0.5, 0.6) is 0 Å². The topological polar surface area (TPSA) is 138 Å². The first-order valence-corrected chi connectivity index (χ1v) is 14.9. The van der Waals surface area contributed by atoms with Crippen molar-refractivity contribution in [2.24, 2.45) is 17.7 Å². The van der Waals surface area contributed by atoms with Gasteiger partial charge in [0.05, 0.1) is 6.04 Å². The molecule has 2 atom stereocenters. The van der Waals surface area contributed by atoms with Crippen LogP contribution in [0.1, 0.15) is 75.2 Å². The summed E-state index contributed by atoms with van der Waals surface area (Å²) >= 11 is 1.35.